The number of rotatable bonds is 5. The fourth-order valence-corrected chi connectivity index (χ4v) is 5.98. The van der Waals surface area contributed by atoms with Crippen LogP contribution in [0, 0.1) is 0 Å². The number of hydrogen-bond acceptors (Lipinski definition) is 5. The van der Waals surface area contributed by atoms with E-state index in [2.05, 4.69) is 70.3 Å². The number of likely N-dealkylation sites (tertiary alicyclic amines) is 1. The molecule has 1 saturated heterocycles. The van der Waals surface area contributed by atoms with Gasteiger partial charge < -0.3 is 14.5 Å². The summed E-state index contributed by atoms with van der Waals surface area (Å²) >= 11 is 1.97. The molecule has 0 saturated carbocycles. The molecule has 4 nitrogen and oxygen atoms in total. The van der Waals surface area contributed by atoms with Gasteiger partial charge in [-0.15, -0.1) is 0 Å². The number of para-hydroxylation sites is 1. The van der Waals surface area contributed by atoms with Gasteiger partial charge in [0.15, 0.2) is 5.50 Å². The number of nitrogens with zero attached hydrogens (tertiary/aromatic N) is 3. The molecule has 5 heteroatoms. The highest BCUT2D eigenvalue weighted by molar-refractivity contribution is 8.00. The molecule has 0 aliphatic carbocycles. The predicted molar refractivity (Wildman–Crippen MR) is 117 cm³/mol. The molecule has 28 heavy (non-hydrogen) atoms. The number of ether oxygens (including phenoxy) is 1. The van der Waals surface area contributed by atoms with Crippen molar-refractivity contribution in [1.29, 1.82) is 0 Å². The van der Waals surface area contributed by atoms with Crippen LogP contribution in [0.25, 0.3) is 5.70 Å². The Morgan fingerprint density at radius 2 is 2.04 bits per heavy atom. The molecule has 3 aliphatic rings. The summed E-state index contributed by atoms with van der Waals surface area (Å²) in [6, 6.07) is 17.8. The van der Waals surface area contributed by atoms with Crippen LogP contribution >= 0.6 is 11.8 Å². The van der Waals surface area contributed by atoms with E-state index in [1.807, 2.05) is 17.8 Å². The maximum Gasteiger partial charge on any atom is 0.159 e. The summed E-state index contributed by atoms with van der Waals surface area (Å²) in [5.74, 6) is 0.912. The van der Waals surface area contributed by atoms with Gasteiger partial charge in [-0.3, -0.25) is 4.90 Å². The van der Waals surface area contributed by atoms with Gasteiger partial charge in [-0.2, -0.15) is 0 Å². The molecule has 0 spiro atoms. The summed E-state index contributed by atoms with van der Waals surface area (Å²) < 4.78 is 5.50. The summed E-state index contributed by atoms with van der Waals surface area (Å²) in [5, 5.41) is 0. The molecule has 146 valence electrons. The Morgan fingerprint density at radius 1 is 1.14 bits per heavy atom. The molecule has 0 bridgehead atoms. The zero-order valence-corrected chi connectivity index (χ0v) is 17.4. The third kappa shape index (κ3) is 2.97. The molecular weight excluding hydrogens is 366 g/mol. The minimum absolute atomic E-state index is 0.304. The standard InChI is InChI=1S/C23H27N3OS/c1-3-24-13-7-9-18(24)15-25-21(17-8-6-10-19(14-17)27-2)16-26-20-11-4-5-12-22(20)28-23(25)26/h4-6,8,10-12,14,16,18,23H,3,7,9,13,15H2,1-2H3. The maximum atomic E-state index is 5.50. The van der Waals surface area contributed by atoms with Crippen LogP contribution in [0.1, 0.15) is 25.3 Å². The van der Waals surface area contributed by atoms with Crippen LogP contribution in [-0.4, -0.2) is 48.1 Å². The highest BCUT2D eigenvalue weighted by Crippen LogP contribution is 2.50. The van der Waals surface area contributed by atoms with Crippen molar-refractivity contribution in [3.8, 4) is 5.75 Å². The van der Waals surface area contributed by atoms with Crippen molar-refractivity contribution in [1.82, 2.24) is 9.80 Å². The minimum atomic E-state index is 0.304. The average Bonchev–Trinajstić information content (AvgIpc) is 3.43. The summed E-state index contributed by atoms with van der Waals surface area (Å²) in [4.78, 5) is 9.06. The van der Waals surface area contributed by atoms with Gasteiger partial charge >= 0.3 is 0 Å². The fourth-order valence-electron chi connectivity index (χ4n) is 4.69. The normalized spacial score (nSPS) is 23.7. The van der Waals surface area contributed by atoms with Crippen LogP contribution in [0.4, 0.5) is 5.69 Å². The molecule has 0 aromatic heterocycles. The van der Waals surface area contributed by atoms with Gasteiger partial charge in [-0.25, -0.2) is 0 Å². The third-order valence-corrected chi connectivity index (χ3v) is 7.42. The van der Waals surface area contributed by atoms with Crippen molar-refractivity contribution in [3.63, 3.8) is 0 Å². The van der Waals surface area contributed by atoms with Gasteiger partial charge in [-0.1, -0.05) is 43.0 Å². The SMILES string of the molecule is CCN1CCCC1CN1C(c2cccc(OC)c2)=CN2c3ccccc3SC12. The van der Waals surface area contributed by atoms with Crippen LogP contribution in [0.3, 0.4) is 0 Å². The number of methoxy groups -OCH3 is 1. The van der Waals surface area contributed by atoms with E-state index in [1.165, 1.54) is 41.2 Å². The van der Waals surface area contributed by atoms with Gasteiger partial charge in [0, 0.05) is 29.2 Å². The van der Waals surface area contributed by atoms with E-state index in [0.29, 0.717) is 11.5 Å². The second-order valence-corrected chi connectivity index (χ2v) is 8.74. The van der Waals surface area contributed by atoms with Gasteiger partial charge in [0.05, 0.1) is 18.5 Å². The van der Waals surface area contributed by atoms with Crippen molar-refractivity contribution in [2.75, 3.05) is 31.6 Å². The smallest absolute Gasteiger partial charge is 0.159 e. The average molecular weight is 394 g/mol. The highest BCUT2D eigenvalue weighted by Gasteiger charge is 2.41. The molecule has 5 rings (SSSR count). The van der Waals surface area contributed by atoms with Gasteiger partial charge in [0.25, 0.3) is 0 Å². The number of likely N-dealkylation sites (N-methyl/N-ethyl adjacent to an activating group) is 1. The molecule has 3 heterocycles. The first kappa shape index (κ1) is 18.0. The number of thioether (sulfide) groups is 1. The Balaban J connectivity index is 1.52. The summed E-state index contributed by atoms with van der Waals surface area (Å²) in [5.41, 5.74) is 4.15. The molecule has 1 fully saturated rings. The molecular formula is C23H27N3OS. The van der Waals surface area contributed by atoms with E-state index in [0.717, 1.165) is 18.8 Å². The third-order valence-electron chi connectivity index (χ3n) is 6.13. The van der Waals surface area contributed by atoms with Gasteiger partial charge in [0.2, 0.25) is 0 Å². The van der Waals surface area contributed by atoms with E-state index in [9.17, 15) is 0 Å². The van der Waals surface area contributed by atoms with Gasteiger partial charge in [-0.05, 0) is 50.2 Å². The topological polar surface area (TPSA) is 19.0 Å². The molecule has 2 aromatic rings. The highest BCUT2D eigenvalue weighted by atomic mass is 32.2. The van der Waals surface area contributed by atoms with Crippen LogP contribution in [0.15, 0.2) is 59.6 Å². The zero-order valence-electron chi connectivity index (χ0n) is 16.5. The Morgan fingerprint density at radius 3 is 2.89 bits per heavy atom. The molecule has 0 N–H and O–H groups in total. The Bertz CT molecular complexity index is 899. The van der Waals surface area contributed by atoms with E-state index in [1.54, 1.807) is 7.11 Å². The predicted octanol–water partition coefficient (Wildman–Crippen LogP) is 4.69. The lowest BCUT2D eigenvalue weighted by atomic mass is 10.1. The molecule has 2 unspecified atom stereocenters. The number of hydrogen-bond donors (Lipinski definition) is 0. The van der Waals surface area contributed by atoms with Crippen molar-refractivity contribution >= 4 is 23.1 Å². The van der Waals surface area contributed by atoms with Crippen molar-refractivity contribution in [2.45, 2.75) is 36.2 Å². The number of benzene rings is 2. The molecule has 0 amide bonds. The Hall–Kier alpha value is -2.11. The maximum absolute atomic E-state index is 5.50. The largest absolute Gasteiger partial charge is 0.497 e. The van der Waals surface area contributed by atoms with Crippen molar-refractivity contribution in [3.05, 3.63) is 60.3 Å². The molecule has 3 aliphatic heterocycles. The monoisotopic (exact) mass is 393 g/mol. The van der Waals surface area contributed by atoms with E-state index >= 15 is 0 Å². The van der Waals surface area contributed by atoms with Gasteiger partial charge in [0.1, 0.15) is 5.75 Å². The van der Waals surface area contributed by atoms with E-state index in [-0.39, 0.29) is 0 Å². The van der Waals surface area contributed by atoms with Crippen molar-refractivity contribution < 1.29 is 4.74 Å². The lowest BCUT2D eigenvalue weighted by Gasteiger charge is -2.34. The van der Waals surface area contributed by atoms with Crippen LogP contribution in [0.2, 0.25) is 0 Å². The van der Waals surface area contributed by atoms with E-state index in [4.69, 9.17) is 4.74 Å². The van der Waals surface area contributed by atoms with Crippen molar-refractivity contribution in [2.24, 2.45) is 0 Å². The molecule has 2 aromatic carbocycles. The lowest BCUT2D eigenvalue weighted by Crippen LogP contribution is -2.43. The summed E-state index contributed by atoms with van der Waals surface area (Å²) in [6.07, 6.45) is 4.94. The van der Waals surface area contributed by atoms with Crippen LogP contribution in [-0.2, 0) is 0 Å². The minimum Gasteiger partial charge on any atom is -0.497 e. The zero-order chi connectivity index (χ0) is 19.1. The van der Waals surface area contributed by atoms with E-state index < -0.39 is 0 Å². The number of anilines is 1. The first-order valence-electron chi connectivity index (χ1n) is 10.2. The summed E-state index contributed by atoms with van der Waals surface area (Å²) in [7, 11) is 1.74. The second-order valence-electron chi connectivity index (χ2n) is 7.64. The second kappa shape index (κ2) is 7.37. The Kier molecular flexibility index (Phi) is 4.73. The van der Waals surface area contributed by atoms with Crippen LogP contribution in [0.5, 0.6) is 5.75 Å². The van der Waals surface area contributed by atoms with Crippen LogP contribution < -0.4 is 9.64 Å². The quantitative estimate of drug-likeness (QED) is 0.732. The first-order chi connectivity index (χ1) is 13.8. The lowest BCUT2D eigenvalue weighted by molar-refractivity contribution is 0.217. The molecule has 0 radical (unpaired) electrons. The molecule has 2 atom stereocenters. The number of fused-ring (bicyclic) bond motifs is 3. The first-order valence-corrected chi connectivity index (χ1v) is 11.1. The summed E-state index contributed by atoms with van der Waals surface area (Å²) in [6.45, 7) is 5.72. The Labute approximate surface area is 171 Å². The fraction of sp³-hybridized carbons (Fsp3) is 0.391.